The average molecular weight is 312 g/mol. The summed E-state index contributed by atoms with van der Waals surface area (Å²) in [4.78, 5) is 11.8. The normalized spacial score (nSPS) is 10.8. The predicted molar refractivity (Wildman–Crippen MR) is 78.7 cm³/mol. The lowest BCUT2D eigenvalue weighted by molar-refractivity contribution is -0.146. The van der Waals surface area contributed by atoms with E-state index in [9.17, 15) is 4.79 Å². The number of aryl methyl sites for hydroxylation is 2. The molecule has 0 unspecified atom stereocenters. The number of carbonyl (C=O) groups is 1. The Balaban J connectivity index is 1.99. The topological polar surface area (TPSA) is 88.0 Å². The second kappa shape index (κ2) is 6.62. The molecule has 2 rings (SSSR count). The highest BCUT2D eigenvalue weighted by atomic mass is 35.5. The molecule has 0 spiro atoms. The van der Waals surface area contributed by atoms with Crippen molar-refractivity contribution >= 4 is 23.3 Å². The molecule has 0 saturated heterocycles. The van der Waals surface area contributed by atoms with Crippen molar-refractivity contribution in [1.29, 1.82) is 0 Å². The zero-order valence-corrected chi connectivity index (χ0v) is 12.8. The molecule has 2 heterocycles. The summed E-state index contributed by atoms with van der Waals surface area (Å²) in [7, 11) is 0. The van der Waals surface area contributed by atoms with Gasteiger partial charge in [-0.3, -0.25) is 14.2 Å². The Labute approximate surface area is 127 Å². The lowest BCUT2D eigenvalue weighted by atomic mass is 10.3. The van der Waals surface area contributed by atoms with Crippen molar-refractivity contribution in [2.24, 2.45) is 0 Å². The van der Waals surface area contributed by atoms with Gasteiger partial charge in [0, 0.05) is 12.7 Å². The molecule has 2 aromatic heterocycles. The van der Waals surface area contributed by atoms with Crippen molar-refractivity contribution in [2.75, 3.05) is 5.73 Å². The van der Waals surface area contributed by atoms with Crippen molar-refractivity contribution in [3.63, 3.8) is 0 Å². The molecule has 0 aliphatic heterocycles. The quantitative estimate of drug-likeness (QED) is 0.819. The molecule has 2 aromatic rings. The number of carbonyl (C=O) groups excluding carboxylic acids is 1. The Bertz CT molecular complexity index is 635. The Morgan fingerprint density at radius 3 is 2.81 bits per heavy atom. The summed E-state index contributed by atoms with van der Waals surface area (Å²) in [5.41, 5.74) is 7.55. The van der Waals surface area contributed by atoms with E-state index in [0.717, 1.165) is 12.1 Å². The van der Waals surface area contributed by atoms with Crippen LogP contribution < -0.4 is 5.73 Å². The number of nitrogen functional groups attached to an aromatic ring is 1. The minimum Gasteiger partial charge on any atom is -0.458 e. The first-order chi connectivity index (χ1) is 10.0. The number of hydrogen-bond acceptors (Lipinski definition) is 5. The number of nitrogens with two attached hydrogens (primary N) is 1. The molecule has 0 amide bonds. The molecule has 0 aromatic carbocycles. The lowest BCUT2D eigenvalue weighted by Crippen LogP contribution is -2.15. The fourth-order valence-electron chi connectivity index (χ4n) is 1.95. The molecule has 0 radical (unpaired) electrons. The van der Waals surface area contributed by atoms with Gasteiger partial charge in [0.05, 0.1) is 28.3 Å². The molecule has 0 bridgehead atoms. The standard InChI is InChI=1S/C13H18ClN5O2/c1-3-10-13(14)11(19(4-2)17-10)8-21-12(20)7-18-6-9(15)5-16-18/h5-6H,3-4,7-8,15H2,1-2H3. The Morgan fingerprint density at radius 2 is 2.24 bits per heavy atom. The first-order valence-electron chi connectivity index (χ1n) is 6.72. The SMILES string of the molecule is CCc1nn(CC)c(COC(=O)Cn2cc(N)cn2)c1Cl. The number of esters is 1. The summed E-state index contributed by atoms with van der Waals surface area (Å²) < 4.78 is 8.41. The molecule has 0 atom stereocenters. The van der Waals surface area contributed by atoms with Crippen LogP contribution >= 0.6 is 11.6 Å². The largest absolute Gasteiger partial charge is 0.458 e. The van der Waals surface area contributed by atoms with Crippen LogP contribution in [0.15, 0.2) is 12.4 Å². The van der Waals surface area contributed by atoms with Crippen LogP contribution in [0.5, 0.6) is 0 Å². The third-order valence-corrected chi connectivity index (χ3v) is 3.44. The molecule has 0 saturated carbocycles. The number of aromatic nitrogens is 4. The Hall–Kier alpha value is -2.02. The second-order valence-electron chi connectivity index (χ2n) is 4.51. The van der Waals surface area contributed by atoms with E-state index in [0.29, 0.717) is 22.9 Å². The summed E-state index contributed by atoms with van der Waals surface area (Å²) in [6.07, 6.45) is 3.78. The van der Waals surface area contributed by atoms with Crippen LogP contribution in [0, 0.1) is 0 Å². The minimum absolute atomic E-state index is 0.00964. The zero-order valence-electron chi connectivity index (χ0n) is 12.0. The third-order valence-electron chi connectivity index (χ3n) is 3.01. The lowest BCUT2D eigenvalue weighted by Gasteiger charge is -2.07. The number of rotatable bonds is 6. The smallest absolute Gasteiger partial charge is 0.328 e. The van der Waals surface area contributed by atoms with Gasteiger partial charge >= 0.3 is 5.97 Å². The van der Waals surface area contributed by atoms with Crippen LogP contribution in [-0.4, -0.2) is 25.5 Å². The second-order valence-corrected chi connectivity index (χ2v) is 4.89. The highest BCUT2D eigenvalue weighted by Gasteiger charge is 2.16. The highest BCUT2D eigenvalue weighted by molar-refractivity contribution is 6.31. The first-order valence-corrected chi connectivity index (χ1v) is 7.10. The number of anilines is 1. The van der Waals surface area contributed by atoms with E-state index >= 15 is 0 Å². The van der Waals surface area contributed by atoms with Crippen molar-refractivity contribution in [3.8, 4) is 0 Å². The van der Waals surface area contributed by atoms with E-state index in [1.54, 1.807) is 10.9 Å². The van der Waals surface area contributed by atoms with Gasteiger partial charge in [-0.05, 0) is 13.3 Å². The maximum absolute atomic E-state index is 11.8. The number of hydrogen-bond donors (Lipinski definition) is 1. The molecule has 7 nitrogen and oxygen atoms in total. The van der Waals surface area contributed by atoms with Crippen molar-refractivity contribution < 1.29 is 9.53 Å². The molecule has 0 fully saturated rings. The van der Waals surface area contributed by atoms with E-state index in [4.69, 9.17) is 22.1 Å². The van der Waals surface area contributed by atoms with Gasteiger partial charge in [0.25, 0.3) is 0 Å². The first kappa shape index (κ1) is 15.4. The number of ether oxygens (including phenoxy) is 1. The van der Waals surface area contributed by atoms with E-state index in [-0.39, 0.29) is 13.2 Å². The van der Waals surface area contributed by atoms with Gasteiger partial charge in [-0.25, -0.2) is 0 Å². The van der Waals surface area contributed by atoms with Crippen LogP contribution in [0.4, 0.5) is 5.69 Å². The van der Waals surface area contributed by atoms with Gasteiger partial charge in [0.15, 0.2) is 0 Å². The molecule has 2 N–H and O–H groups in total. The predicted octanol–water partition coefficient (Wildman–Crippen LogP) is 1.64. The Kier molecular flexibility index (Phi) is 4.85. The van der Waals surface area contributed by atoms with Crippen LogP contribution in [-0.2, 0) is 35.6 Å². The zero-order chi connectivity index (χ0) is 15.4. The van der Waals surface area contributed by atoms with Gasteiger partial charge in [-0.15, -0.1) is 0 Å². The van der Waals surface area contributed by atoms with Crippen molar-refractivity contribution in [3.05, 3.63) is 28.8 Å². The molecule has 8 heteroatoms. The van der Waals surface area contributed by atoms with Gasteiger partial charge in [-0.1, -0.05) is 18.5 Å². The van der Waals surface area contributed by atoms with Gasteiger partial charge in [0.2, 0.25) is 0 Å². The fraction of sp³-hybridized carbons (Fsp3) is 0.462. The highest BCUT2D eigenvalue weighted by Crippen LogP contribution is 2.22. The van der Waals surface area contributed by atoms with Gasteiger partial charge < -0.3 is 10.5 Å². The van der Waals surface area contributed by atoms with E-state index in [1.165, 1.54) is 10.9 Å². The molecule has 0 aliphatic rings. The van der Waals surface area contributed by atoms with Gasteiger partial charge in [-0.2, -0.15) is 10.2 Å². The monoisotopic (exact) mass is 311 g/mol. The number of nitrogens with zero attached hydrogens (tertiary/aromatic N) is 4. The summed E-state index contributed by atoms with van der Waals surface area (Å²) in [5, 5.41) is 8.86. The summed E-state index contributed by atoms with van der Waals surface area (Å²) in [5.74, 6) is -0.406. The van der Waals surface area contributed by atoms with E-state index < -0.39 is 5.97 Å². The van der Waals surface area contributed by atoms with Crippen LogP contribution in [0.25, 0.3) is 0 Å². The minimum atomic E-state index is -0.406. The summed E-state index contributed by atoms with van der Waals surface area (Å²) >= 11 is 6.25. The van der Waals surface area contributed by atoms with Crippen molar-refractivity contribution in [1.82, 2.24) is 19.6 Å². The van der Waals surface area contributed by atoms with Crippen LogP contribution in [0.2, 0.25) is 5.02 Å². The molecule has 0 aliphatic carbocycles. The van der Waals surface area contributed by atoms with Crippen molar-refractivity contribution in [2.45, 2.75) is 40.0 Å². The third kappa shape index (κ3) is 3.55. The molecule has 114 valence electrons. The average Bonchev–Trinajstić information content (AvgIpc) is 3.00. The number of halogens is 1. The molecular weight excluding hydrogens is 294 g/mol. The summed E-state index contributed by atoms with van der Waals surface area (Å²) in [6.45, 7) is 4.71. The fourth-order valence-corrected chi connectivity index (χ4v) is 2.27. The van der Waals surface area contributed by atoms with Crippen LogP contribution in [0.3, 0.4) is 0 Å². The maximum atomic E-state index is 11.8. The molecular formula is C13H18ClN5O2. The van der Waals surface area contributed by atoms with Crippen LogP contribution in [0.1, 0.15) is 25.2 Å². The summed E-state index contributed by atoms with van der Waals surface area (Å²) in [6, 6.07) is 0. The maximum Gasteiger partial charge on any atom is 0.328 e. The molecule has 21 heavy (non-hydrogen) atoms. The van der Waals surface area contributed by atoms with Gasteiger partial charge in [0.1, 0.15) is 13.2 Å². The van der Waals surface area contributed by atoms with E-state index in [1.807, 2.05) is 13.8 Å². The Morgan fingerprint density at radius 1 is 1.48 bits per heavy atom. The van der Waals surface area contributed by atoms with E-state index in [2.05, 4.69) is 10.2 Å².